The van der Waals surface area contributed by atoms with Crippen molar-refractivity contribution in [2.75, 3.05) is 12.9 Å². The van der Waals surface area contributed by atoms with Crippen LogP contribution in [0.15, 0.2) is 47.4 Å². The molecule has 0 saturated heterocycles. The second-order valence-electron chi connectivity index (χ2n) is 5.05. The molecule has 0 aliphatic carbocycles. The topological polar surface area (TPSA) is 69.4 Å². The van der Waals surface area contributed by atoms with Gasteiger partial charge in [-0.25, -0.2) is 0 Å². The molecule has 5 nitrogen and oxygen atoms in total. The molecule has 0 aliphatic heterocycles. The fourth-order valence-electron chi connectivity index (χ4n) is 2.33. The van der Waals surface area contributed by atoms with Gasteiger partial charge in [-0.1, -0.05) is 41.9 Å². The highest BCUT2D eigenvalue weighted by molar-refractivity contribution is 8.00. The lowest BCUT2D eigenvalue weighted by molar-refractivity contribution is -0.384. The Kier molecular flexibility index (Phi) is 5.27. The van der Waals surface area contributed by atoms with Crippen molar-refractivity contribution in [1.82, 2.24) is 0 Å². The number of nitro benzene ring substituents is 1. The van der Waals surface area contributed by atoms with E-state index in [0.29, 0.717) is 14.6 Å². The summed E-state index contributed by atoms with van der Waals surface area (Å²) in [5.74, 6) is -0.348. The number of methoxy groups -OCH3 is 1. The summed E-state index contributed by atoms with van der Waals surface area (Å²) in [7, 11) is 1.30. The maximum atomic E-state index is 11.4. The van der Waals surface area contributed by atoms with E-state index in [9.17, 15) is 14.9 Å². The quantitative estimate of drug-likeness (QED) is 0.251. The lowest BCUT2D eigenvalue weighted by Gasteiger charge is -2.04. The number of non-ortho nitro benzene ring substituents is 1. The van der Waals surface area contributed by atoms with Crippen molar-refractivity contribution < 1.29 is 14.5 Å². The molecule has 1 heterocycles. The number of benzene rings is 2. The first-order valence-corrected chi connectivity index (χ1v) is 9.34. The van der Waals surface area contributed by atoms with Crippen molar-refractivity contribution >= 4 is 56.4 Å². The SMILES string of the molecule is COC(=O)CSc1cc([N+](=O)[O-])cc2sc(-c3ccccc3)c(Cl)c12. The molecule has 25 heavy (non-hydrogen) atoms. The molecule has 0 atom stereocenters. The Balaban J connectivity index is 2.17. The molecule has 2 aromatic carbocycles. The van der Waals surface area contributed by atoms with Crippen LogP contribution >= 0.6 is 34.7 Å². The smallest absolute Gasteiger partial charge is 0.315 e. The summed E-state index contributed by atoms with van der Waals surface area (Å²) < 4.78 is 5.36. The van der Waals surface area contributed by atoms with Crippen molar-refractivity contribution in [2.24, 2.45) is 0 Å². The van der Waals surface area contributed by atoms with Gasteiger partial charge in [-0.05, 0) is 5.56 Å². The lowest BCUT2D eigenvalue weighted by atomic mass is 10.1. The maximum absolute atomic E-state index is 11.4. The van der Waals surface area contributed by atoms with E-state index in [1.807, 2.05) is 30.3 Å². The van der Waals surface area contributed by atoms with Gasteiger partial charge in [-0.2, -0.15) is 0 Å². The number of halogens is 1. The molecular formula is C17H12ClNO4S2. The average Bonchev–Trinajstić information content (AvgIpc) is 2.97. The van der Waals surface area contributed by atoms with Crippen LogP contribution in [0.5, 0.6) is 0 Å². The molecule has 0 fully saturated rings. The van der Waals surface area contributed by atoms with Crippen molar-refractivity contribution in [1.29, 1.82) is 0 Å². The summed E-state index contributed by atoms with van der Waals surface area (Å²) in [6.07, 6.45) is 0. The van der Waals surface area contributed by atoms with Gasteiger partial charge in [0.2, 0.25) is 0 Å². The van der Waals surface area contributed by atoms with Gasteiger partial charge in [0.25, 0.3) is 5.69 Å². The van der Waals surface area contributed by atoms with Crippen LogP contribution in [0.3, 0.4) is 0 Å². The fourth-order valence-corrected chi connectivity index (χ4v) is 5.05. The molecule has 0 radical (unpaired) electrons. The van der Waals surface area contributed by atoms with Crippen LogP contribution in [0, 0.1) is 10.1 Å². The highest BCUT2D eigenvalue weighted by Gasteiger charge is 2.20. The molecule has 0 unspecified atom stereocenters. The first-order valence-electron chi connectivity index (χ1n) is 7.16. The van der Waals surface area contributed by atoms with E-state index in [1.54, 1.807) is 0 Å². The molecule has 1 aromatic heterocycles. The third-order valence-corrected chi connectivity index (χ3v) is 6.19. The monoisotopic (exact) mass is 393 g/mol. The number of ether oxygens (including phenoxy) is 1. The lowest BCUT2D eigenvalue weighted by Crippen LogP contribution is -2.03. The molecule has 0 N–H and O–H groups in total. The zero-order valence-electron chi connectivity index (χ0n) is 13.0. The number of esters is 1. The first kappa shape index (κ1) is 17.7. The Bertz CT molecular complexity index is 956. The second-order valence-corrected chi connectivity index (χ2v) is 7.50. The highest BCUT2D eigenvalue weighted by atomic mass is 35.5. The Hall–Kier alpha value is -2.09. The predicted octanol–water partition coefficient (Wildman–Crippen LogP) is 5.40. The summed E-state index contributed by atoms with van der Waals surface area (Å²) in [6.45, 7) is 0. The molecule has 0 bridgehead atoms. The summed E-state index contributed by atoms with van der Waals surface area (Å²) in [5.41, 5.74) is 0.915. The summed E-state index contributed by atoms with van der Waals surface area (Å²) >= 11 is 9.17. The predicted molar refractivity (Wildman–Crippen MR) is 102 cm³/mol. The number of carbonyl (C=O) groups excluding carboxylic acids is 1. The fraction of sp³-hybridized carbons (Fsp3) is 0.118. The number of rotatable bonds is 5. The van der Waals surface area contributed by atoms with E-state index >= 15 is 0 Å². The van der Waals surface area contributed by atoms with Crippen LogP contribution in [0.4, 0.5) is 5.69 Å². The van der Waals surface area contributed by atoms with E-state index < -0.39 is 10.9 Å². The summed E-state index contributed by atoms with van der Waals surface area (Å²) in [4.78, 5) is 23.7. The third-order valence-electron chi connectivity index (χ3n) is 3.50. The number of thiophene rings is 1. The zero-order chi connectivity index (χ0) is 18.0. The highest BCUT2D eigenvalue weighted by Crippen LogP contribution is 2.47. The Morgan fingerprint density at radius 3 is 2.68 bits per heavy atom. The van der Waals surface area contributed by atoms with Crippen molar-refractivity contribution in [3.8, 4) is 10.4 Å². The maximum Gasteiger partial charge on any atom is 0.315 e. The number of thioether (sulfide) groups is 1. The average molecular weight is 394 g/mol. The Labute approximate surface area is 156 Å². The molecule has 0 aliphatic rings. The number of hydrogen-bond donors (Lipinski definition) is 0. The molecule has 0 saturated carbocycles. The van der Waals surface area contributed by atoms with Crippen LogP contribution in [-0.2, 0) is 9.53 Å². The standard InChI is InChI=1S/C17H12ClNO4S2/c1-23-14(20)9-24-12-7-11(19(21)22)8-13-15(12)16(18)17(25-13)10-5-3-2-4-6-10/h2-8H,9H2,1H3. The summed E-state index contributed by atoms with van der Waals surface area (Å²) in [5, 5.41) is 12.5. The number of fused-ring (bicyclic) bond motifs is 1. The Morgan fingerprint density at radius 2 is 2.04 bits per heavy atom. The second kappa shape index (κ2) is 7.43. The molecule has 3 aromatic rings. The Morgan fingerprint density at radius 1 is 1.32 bits per heavy atom. The van der Waals surface area contributed by atoms with E-state index in [1.165, 1.54) is 42.3 Å². The molecular weight excluding hydrogens is 382 g/mol. The molecule has 8 heteroatoms. The molecule has 0 amide bonds. The van der Waals surface area contributed by atoms with E-state index in [4.69, 9.17) is 11.6 Å². The van der Waals surface area contributed by atoms with Gasteiger partial charge in [-0.3, -0.25) is 14.9 Å². The minimum absolute atomic E-state index is 0.0302. The van der Waals surface area contributed by atoms with Gasteiger partial charge in [-0.15, -0.1) is 23.1 Å². The number of hydrogen-bond acceptors (Lipinski definition) is 6. The van der Waals surface area contributed by atoms with Crippen LogP contribution < -0.4 is 0 Å². The minimum Gasteiger partial charge on any atom is -0.468 e. The zero-order valence-corrected chi connectivity index (χ0v) is 15.4. The molecule has 0 spiro atoms. The minimum atomic E-state index is -0.447. The van der Waals surface area contributed by atoms with E-state index in [2.05, 4.69) is 4.74 Å². The van der Waals surface area contributed by atoms with Crippen LogP contribution in [0.25, 0.3) is 20.5 Å². The van der Waals surface area contributed by atoms with Crippen LogP contribution in [-0.4, -0.2) is 23.8 Å². The van der Waals surface area contributed by atoms with E-state index in [0.717, 1.165) is 15.8 Å². The third kappa shape index (κ3) is 3.63. The number of nitrogens with zero attached hydrogens (tertiary/aromatic N) is 1. The van der Waals surface area contributed by atoms with E-state index in [-0.39, 0.29) is 11.4 Å². The first-order chi connectivity index (χ1) is 12.0. The van der Waals surface area contributed by atoms with Gasteiger partial charge in [0.1, 0.15) is 0 Å². The molecule has 128 valence electrons. The van der Waals surface area contributed by atoms with Crippen molar-refractivity contribution in [2.45, 2.75) is 4.90 Å². The number of carbonyl (C=O) groups is 1. The largest absolute Gasteiger partial charge is 0.468 e. The normalized spacial score (nSPS) is 10.8. The van der Waals surface area contributed by atoms with Gasteiger partial charge in [0.05, 0.1) is 27.7 Å². The van der Waals surface area contributed by atoms with Gasteiger partial charge in [0, 0.05) is 27.1 Å². The van der Waals surface area contributed by atoms with Gasteiger partial charge < -0.3 is 4.74 Å². The summed E-state index contributed by atoms with van der Waals surface area (Å²) in [6, 6.07) is 12.6. The molecule has 3 rings (SSSR count). The van der Waals surface area contributed by atoms with Crippen LogP contribution in [0.1, 0.15) is 0 Å². The number of nitro groups is 1. The van der Waals surface area contributed by atoms with Crippen molar-refractivity contribution in [3.63, 3.8) is 0 Å². The van der Waals surface area contributed by atoms with Crippen molar-refractivity contribution in [3.05, 3.63) is 57.6 Å². The van der Waals surface area contributed by atoms with Crippen LogP contribution in [0.2, 0.25) is 5.02 Å². The van der Waals surface area contributed by atoms with Gasteiger partial charge >= 0.3 is 5.97 Å². The van der Waals surface area contributed by atoms with Gasteiger partial charge in [0.15, 0.2) is 0 Å².